The Bertz CT molecular complexity index is 1960. The van der Waals surface area contributed by atoms with Crippen LogP contribution in [0.1, 0.15) is 68.1 Å². The lowest BCUT2D eigenvalue weighted by Crippen LogP contribution is -2.36. The smallest absolute Gasteiger partial charge is 0.398 e. The summed E-state index contributed by atoms with van der Waals surface area (Å²) in [6, 6.07) is 7.22. The average molecular weight is 656 g/mol. The highest BCUT2D eigenvalue weighted by molar-refractivity contribution is 6.34. The van der Waals surface area contributed by atoms with Gasteiger partial charge in [0.15, 0.2) is 0 Å². The van der Waals surface area contributed by atoms with E-state index in [0.717, 1.165) is 22.0 Å². The van der Waals surface area contributed by atoms with Crippen molar-refractivity contribution in [3.8, 4) is 11.3 Å². The molecule has 1 N–H and O–H groups in total. The fourth-order valence-corrected chi connectivity index (χ4v) is 7.08. The van der Waals surface area contributed by atoms with Crippen LogP contribution >= 0.6 is 11.6 Å². The molecular formula is C32H26ClF4N5O4. The first kappa shape index (κ1) is 30.2. The lowest BCUT2D eigenvalue weighted by Gasteiger charge is -2.27. The predicted molar refractivity (Wildman–Crippen MR) is 156 cm³/mol. The van der Waals surface area contributed by atoms with E-state index >= 15 is 4.39 Å². The monoisotopic (exact) mass is 655 g/mol. The Morgan fingerprint density at radius 3 is 2.50 bits per heavy atom. The molecule has 1 amide bonds. The maximum Gasteiger partial charge on any atom is 0.398 e. The van der Waals surface area contributed by atoms with Crippen molar-refractivity contribution in [3.63, 3.8) is 0 Å². The Kier molecular flexibility index (Phi) is 6.89. The van der Waals surface area contributed by atoms with E-state index in [2.05, 4.69) is 10.2 Å². The molecular weight excluding hydrogens is 630 g/mol. The number of hydrogen-bond donors (Lipinski definition) is 1. The largest absolute Gasteiger partial charge is 0.478 e. The quantitative estimate of drug-likeness (QED) is 0.276. The fraction of sp³-hybridized carbons (Fsp3) is 0.344. The van der Waals surface area contributed by atoms with Gasteiger partial charge in [0, 0.05) is 42.6 Å². The van der Waals surface area contributed by atoms with Crippen LogP contribution in [0, 0.1) is 11.7 Å². The van der Waals surface area contributed by atoms with Gasteiger partial charge < -0.3 is 10.0 Å². The molecule has 1 fully saturated rings. The van der Waals surface area contributed by atoms with Gasteiger partial charge in [0.05, 0.1) is 51.4 Å². The third-order valence-corrected chi connectivity index (χ3v) is 9.80. The molecule has 7 rings (SSSR count). The molecule has 1 aliphatic heterocycles. The van der Waals surface area contributed by atoms with Crippen LogP contribution in [0.4, 0.5) is 17.6 Å². The standard InChI is InChI=1S/C32H26ClF4N5O4/c1-40-25-15-41(14-18(25)13-38-40)28(43)16-5-8-20-24(12-16)42(39-27(20)19-7-6-17(30(45)46)11-23(19)34)29(44)26-21(3-2-4-22(26)33)31(9-10-31)32(35,36)37/h2-4,6-7,11,13,16H,5,8-10,12,14-15H2,1H3,(H,45,46)/t16-/m0/s1. The number of aromatic carboxylic acids is 1. The molecule has 9 nitrogen and oxygen atoms in total. The number of aromatic nitrogens is 4. The van der Waals surface area contributed by atoms with Gasteiger partial charge in [0.25, 0.3) is 5.91 Å². The highest BCUT2D eigenvalue weighted by Crippen LogP contribution is 2.60. The second-order valence-corrected chi connectivity index (χ2v) is 12.5. The van der Waals surface area contributed by atoms with Gasteiger partial charge in [-0.1, -0.05) is 23.7 Å². The molecule has 3 aliphatic rings. The van der Waals surface area contributed by atoms with Crippen LogP contribution in [0.15, 0.2) is 42.6 Å². The van der Waals surface area contributed by atoms with Gasteiger partial charge in [0.1, 0.15) is 5.82 Å². The number of carboxylic acid groups (broad SMARTS) is 1. The first-order valence-corrected chi connectivity index (χ1v) is 15.0. The zero-order valence-corrected chi connectivity index (χ0v) is 25.1. The minimum absolute atomic E-state index is 0.0248. The number of carboxylic acids is 1. The van der Waals surface area contributed by atoms with Gasteiger partial charge in [-0.25, -0.2) is 9.18 Å². The van der Waals surface area contributed by atoms with Gasteiger partial charge in [0.2, 0.25) is 5.91 Å². The third-order valence-electron chi connectivity index (χ3n) is 9.48. The zero-order chi connectivity index (χ0) is 32.7. The number of benzene rings is 2. The molecule has 46 heavy (non-hydrogen) atoms. The average Bonchev–Trinajstić information content (AvgIpc) is 3.44. The van der Waals surface area contributed by atoms with Crippen molar-refractivity contribution < 1.29 is 37.1 Å². The number of hydrogen-bond acceptors (Lipinski definition) is 5. The predicted octanol–water partition coefficient (Wildman–Crippen LogP) is 5.70. The van der Waals surface area contributed by atoms with Crippen LogP contribution in [-0.4, -0.2) is 53.5 Å². The summed E-state index contributed by atoms with van der Waals surface area (Å²) in [6.07, 6.45) is -2.73. The number of aryl methyl sites for hydroxylation is 1. The van der Waals surface area contributed by atoms with Gasteiger partial charge in [-0.3, -0.25) is 14.3 Å². The summed E-state index contributed by atoms with van der Waals surface area (Å²) in [5.74, 6) is -3.89. The highest BCUT2D eigenvalue weighted by atomic mass is 35.5. The normalized spacial score (nSPS) is 18.3. The Morgan fingerprint density at radius 2 is 1.85 bits per heavy atom. The van der Waals surface area contributed by atoms with E-state index in [1.54, 1.807) is 22.8 Å². The lowest BCUT2D eigenvalue weighted by atomic mass is 9.84. The number of fused-ring (bicyclic) bond motifs is 2. The molecule has 0 unspecified atom stereocenters. The van der Waals surface area contributed by atoms with Crippen LogP contribution in [-0.2, 0) is 43.2 Å². The molecule has 0 bridgehead atoms. The number of alkyl halides is 3. The van der Waals surface area contributed by atoms with Crippen molar-refractivity contribution in [1.82, 2.24) is 24.5 Å². The summed E-state index contributed by atoms with van der Waals surface area (Å²) in [5, 5.41) is 17.8. The summed E-state index contributed by atoms with van der Waals surface area (Å²) < 4.78 is 60.8. The van der Waals surface area contributed by atoms with Crippen molar-refractivity contribution in [3.05, 3.63) is 92.6 Å². The minimum atomic E-state index is -4.63. The highest BCUT2D eigenvalue weighted by Gasteiger charge is 2.65. The van der Waals surface area contributed by atoms with E-state index in [1.165, 1.54) is 30.3 Å². The van der Waals surface area contributed by atoms with Crippen LogP contribution in [0.25, 0.3) is 11.3 Å². The first-order valence-electron chi connectivity index (χ1n) is 14.6. The third kappa shape index (κ3) is 4.62. The second kappa shape index (κ2) is 10.5. The lowest BCUT2D eigenvalue weighted by molar-refractivity contribution is -0.160. The van der Waals surface area contributed by atoms with Gasteiger partial charge >= 0.3 is 12.1 Å². The van der Waals surface area contributed by atoms with Crippen molar-refractivity contribution in [2.24, 2.45) is 13.0 Å². The maximum atomic E-state index is 15.4. The molecule has 0 radical (unpaired) electrons. The number of halogens is 5. The number of nitrogens with zero attached hydrogens (tertiary/aromatic N) is 5. The number of carbonyl (C=O) groups is 3. The Labute approximate surface area is 264 Å². The minimum Gasteiger partial charge on any atom is -0.478 e. The molecule has 4 aromatic rings. The Balaban J connectivity index is 1.32. The summed E-state index contributed by atoms with van der Waals surface area (Å²) in [6.45, 7) is 0.736. The van der Waals surface area contributed by atoms with Crippen molar-refractivity contribution in [2.75, 3.05) is 0 Å². The van der Waals surface area contributed by atoms with E-state index in [1.807, 2.05) is 0 Å². The van der Waals surface area contributed by atoms with E-state index in [4.69, 9.17) is 11.6 Å². The summed E-state index contributed by atoms with van der Waals surface area (Å²) in [7, 11) is 1.79. The van der Waals surface area contributed by atoms with Gasteiger partial charge in [-0.15, -0.1) is 0 Å². The topological polar surface area (TPSA) is 110 Å². The zero-order valence-electron chi connectivity index (χ0n) is 24.4. The van der Waals surface area contributed by atoms with E-state index in [9.17, 15) is 32.7 Å². The van der Waals surface area contributed by atoms with E-state index < -0.39 is 35.2 Å². The van der Waals surface area contributed by atoms with Crippen molar-refractivity contribution in [1.29, 1.82) is 0 Å². The second-order valence-electron chi connectivity index (χ2n) is 12.1. The first-order chi connectivity index (χ1) is 21.8. The molecule has 1 saturated carbocycles. The van der Waals surface area contributed by atoms with Crippen LogP contribution < -0.4 is 0 Å². The van der Waals surface area contributed by atoms with E-state index in [-0.39, 0.29) is 70.3 Å². The molecule has 0 saturated heterocycles. The molecule has 0 spiro atoms. The van der Waals surface area contributed by atoms with Crippen molar-refractivity contribution >= 4 is 29.4 Å². The molecule has 238 valence electrons. The van der Waals surface area contributed by atoms with Crippen LogP contribution in [0.3, 0.4) is 0 Å². The van der Waals surface area contributed by atoms with Gasteiger partial charge in [-0.05, 0) is 55.5 Å². The summed E-state index contributed by atoms with van der Waals surface area (Å²) in [5.41, 5.74) is -0.581. The number of rotatable bonds is 5. The molecule has 2 aromatic carbocycles. The number of amides is 1. The van der Waals surface area contributed by atoms with E-state index in [0.29, 0.717) is 25.1 Å². The summed E-state index contributed by atoms with van der Waals surface area (Å²) >= 11 is 6.44. The summed E-state index contributed by atoms with van der Waals surface area (Å²) in [4.78, 5) is 41.2. The fourth-order valence-electron chi connectivity index (χ4n) is 6.82. The molecule has 2 aromatic heterocycles. The molecule has 3 heterocycles. The maximum absolute atomic E-state index is 15.4. The van der Waals surface area contributed by atoms with Crippen LogP contribution in [0.5, 0.6) is 0 Å². The number of carbonyl (C=O) groups excluding carboxylic acids is 2. The Morgan fingerprint density at radius 1 is 1.09 bits per heavy atom. The Hall–Kier alpha value is -4.52. The molecule has 14 heteroatoms. The molecule has 2 aliphatic carbocycles. The molecule has 1 atom stereocenters. The SMILES string of the molecule is Cn1ncc2c1CN(C(=O)[C@H]1CCc3c(-c4ccc(C(=O)O)cc4F)nn(C(=O)c4c(Cl)cccc4C4(C(F)(F)F)CC4)c3C1)C2. The van der Waals surface area contributed by atoms with Crippen molar-refractivity contribution in [2.45, 2.75) is 56.8 Å². The van der Waals surface area contributed by atoms with Gasteiger partial charge in [-0.2, -0.15) is 28.1 Å². The van der Waals surface area contributed by atoms with Crippen LogP contribution in [0.2, 0.25) is 5.02 Å².